The van der Waals surface area contributed by atoms with Crippen molar-refractivity contribution in [2.24, 2.45) is 0 Å². The van der Waals surface area contributed by atoms with Gasteiger partial charge in [-0.25, -0.2) is 4.98 Å². The van der Waals surface area contributed by atoms with E-state index < -0.39 is 29.3 Å². The summed E-state index contributed by atoms with van der Waals surface area (Å²) in [6, 6.07) is 3.24. The molecule has 0 fully saturated rings. The molecule has 0 spiro atoms. The summed E-state index contributed by atoms with van der Waals surface area (Å²) in [6.45, 7) is -0.645. The fourth-order valence-electron chi connectivity index (χ4n) is 1.77. The predicted molar refractivity (Wildman–Crippen MR) is 63.1 cm³/mol. The molecule has 0 radical (unpaired) electrons. The lowest BCUT2D eigenvalue weighted by atomic mass is 10.1. The van der Waals surface area contributed by atoms with Gasteiger partial charge in [-0.2, -0.15) is 13.2 Å². The van der Waals surface area contributed by atoms with E-state index in [0.717, 1.165) is 16.7 Å². The minimum atomic E-state index is -4.66. The molecule has 2 aromatic rings. The minimum Gasteiger partial charge on any atom is -0.395 e. The average molecular weight is 293 g/mol. The molecule has 1 aromatic carbocycles. The number of aromatic nitrogens is 2. The SMILES string of the molecule is O=c1c2c(C(F)(F)F)cccc2nc(Cl)n1CCO. The predicted octanol–water partition coefficient (Wildman–Crippen LogP) is 2.06. The summed E-state index contributed by atoms with van der Waals surface area (Å²) in [6.07, 6.45) is -4.66. The van der Waals surface area contributed by atoms with Gasteiger partial charge in [0.05, 0.1) is 29.6 Å². The van der Waals surface area contributed by atoms with E-state index in [9.17, 15) is 18.0 Å². The molecule has 4 nitrogen and oxygen atoms in total. The lowest BCUT2D eigenvalue weighted by Crippen LogP contribution is -2.25. The molecule has 1 aromatic heterocycles. The number of benzene rings is 1. The Morgan fingerprint density at radius 2 is 2.05 bits per heavy atom. The summed E-state index contributed by atoms with van der Waals surface area (Å²) in [7, 11) is 0. The summed E-state index contributed by atoms with van der Waals surface area (Å²) in [4.78, 5) is 15.8. The number of alkyl halides is 3. The largest absolute Gasteiger partial charge is 0.417 e. The van der Waals surface area contributed by atoms with Crippen LogP contribution in [0.25, 0.3) is 10.9 Å². The van der Waals surface area contributed by atoms with Gasteiger partial charge < -0.3 is 5.11 Å². The van der Waals surface area contributed by atoms with Crippen LogP contribution in [0.1, 0.15) is 5.56 Å². The van der Waals surface area contributed by atoms with Crippen molar-refractivity contribution in [3.63, 3.8) is 0 Å². The third-order valence-electron chi connectivity index (χ3n) is 2.57. The maximum Gasteiger partial charge on any atom is 0.417 e. The molecule has 0 aliphatic carbocycles. The van der Waals surface area contributed by atoms with Crippen LogP contribution in [0.5, 0.6) is 0 Å². The molecular formula is C11H8ClF3N2O2. The van der Waals surface area contributed by atoms with E-state index in [1.165, 1.54) is 6.07 Å². The van der Waals surface area contributed by atoms with Gasteiger partial charge in [0.15, 0.2) is 0 Å². The van der Waals surface area contributed by atoms with Crippen LogP contribution in [0.15, 0.2) is 23.0 Å². The zero-order valence-corrected chi connectivity index (χ0v) is 10.2. The van der Waals surface area contributed by atoms with Crippen molar-refractivity contribution < 1.29 is 18.3 Å². The molecule has 0 saturated heterocycles. The van der Waals surface area contributed by atoms with Crippen LogP contribution < -0.4 is 5.56 Å². The molecule has 0 unspecified atom stereocenters. The highest BCUT2D eigenvalue weighted by Gasteiger charge is 2.34. The van der Waals surface area contributed by atoms with Gasteiger partial charge in [-0.05, 0) is 23.7 Å². The molecule has 102 valence electrons. The number of hydrogen-bond acceptors (Lipinski definition) is 3. The number of aliphatic hydroxyl groups excluding tert-OH is 1. The summed E-state index contributed by atoms with van der Waals surface area (Å²) in [5.74, 6) is 0. The van der Waals surface area contributed by atoms with E-state index in [4.69, 9.17) is 16.7 Å². The number of nitrogens with zero attached hydrogens (tertiary/aromatic N) is 2. The molecule has 19 heavy (non-hydrogen) atoms. The zero-order valence-electron chi connectivity index (χ0n) is 9.41. The quantitative estimate of drug-likeness (QED) is 0.862. The van der Waals surface area contributed by atoms with Crippen molar-refractivity contribution in [1.29, 1.82) is 0 Å². The summed E-state index contributed by atoms with van der Waals surface area (Å²) in [5.41, 5.74) is -2.11. The highest BCUT2D eigenvalue weighted by molar-refractivity contribution is 6.28. The molecule has 0 aliphatic rings. The van der Waals surface area contributed by atoms with Gasteiger partial charge >= 0.3 is 6.18 Å². The first kappa shape index (κ1) is 13.8. The molecule has 0 bridgehead atoms. The van der Waals surface area contributed by atoms with E-state index in [0.29, 0.717) is 0 Å². The summed E-state index contributed by atoms with van der Waals surface area (Å²) >= 11 is 5.71. The van der Waals surface area contributed by atoms with Crippen molar-refractivity contribution in [2.75, 3.05) is 6.61 Å². The van der Waals surface area contributed by atoms with Crippen molar-refractivity contribution >= 4 is 22.5 Å². The smallest absolute Gasteiger partial charge is 0.395 e. The van der Waals surface area contributed by atoms with E-state index in [1.807, 2.05) is 0 Å². The molecule has 0 saturated carbocycles. The standard InChI is InChI=1S/C11H8ClF3N2O2/c12-10-16-7-3-1-2-6(11(13,14)15)8(7)9(19)17(10)4-5-18/h1-3,18H,4-5H2. The number of fused-ring (bicyclic) bond motifs is 1. The second-order valence-electron chi connectivity index (χ2n) is 3.76. The number of rotatable bonds is 2. The van der Waals surface area contributed by atoms with Crippen LogP contribution in [0.2, 0.25) is 5.28 Å². The Labute approximate surface area is 110 Å². The summed E-state index contributed by atoms with van der Waals surface area (Å²) in [5, 5.41) is 7.99. The van der Waals surface area contributed by atoms with Gasteiger partial charge in [-0.3, -0.25) is 9.36 Å². The Kier molecular flexibility index (Phi) is 3.51. The first-order valence-electron chi connectivity index (χ1n) is 5.23. The topological polar surface area (TPSA) is 55.1 Å². The molecule has 2 rings (SSSR count). The van der Waals surface area contributed by atoms with Crippen LogP contribution in [0, 0.1) is 0 Å². The summed E-state index contributed by atoms with van der Waals surface area (Å²) < 4.78 is 39.4. The maximum atomic E-state index is 12.9. The van der Waals surface area contributed by atoms with Gasteiger partial charge in [0.1, 0.15) is 0 Å². The molecule has 1 heterocycles. The highest BCUT2D eigenvalue weighted by Crippen LogP contribution is 2.33. The van der Waals surface area contributed by atoms with E-state index in [-0.39, 0.29) is 17.3 Å². The second kappa shape index (κ2) is 4.82. The molecule has 8 heteroatoms. The Bertz CT molecular complexity index is 682. The molecule has 0 atom stereocenters. The monoisotopic (exact) mass is 292 g/mol. The lowest BCUT2D eigenvalue weighted by molar-refractivity contribution is -0.136. The van der Waals surface area contributed by atoms with Crippen LogP contribution >= 0.6 is 11.6 Å². The lowest BCUT2D eigenvalue weighted by Gasteiger charge is -2.12. The third kappa shape index (κ3) is 2.43. The van der Waals surface area contributed by atoms with Gasteiger partial charge in [0, 0.05) is 0 Å². The van der Waals surface area contributed by atoms with Crippen LogP contribution in [0.3, 0.4) is 0 Å². The molecule has 0 amide bonds. The van der Waals surface area contributed by atoms with Crippen molar-refractivity contribution in [1.82, 2.24) is 9.55 Å². The highest BCUT2D eigenvalue weighted by atomic mass is 35.5. The normalized spacial score (nSPS) is 12.1. The first-order valence-corrected chi connectivity index (χ1v) is 5.61. The van der Waals surface area contributed by atoms with Gasteiger partial charge in [0.25, 0.3) is 5.56 Å². The van der Waals surface area contributed by atoms with Crippen LogP contribution in [0.4, 0.5) is 13.2 Å². The molecular weight excluding hydrogens is 285 g/mol. The maximum absolute atomic E-state index is 12.9. The zero-order chi connectivity index (χ0) is 14.2. The van der Waals surface area contributed by atoms with Crippen molar-refractivity contribution in [2.45, 2.75) is 12.7 Å². The number of halogens is 4. The van der Waals surface area contributed by atoms with Gasteiger partial charge in [0.2, 0.25) is 5.28 Å². The van der Waals surface area contributed by atoms with E-state index in [2.05, 4.69) is 4.98 Å². The van der Waals surface area contributed by atoms with Crippen molar-refractivity contribution in [3.05, 3.63) is 39.4 Å². The average Bonchev–Trinajstić information content (AvgIpc) is 2.32. The molecule has 0 aliphatic heterocycles. The number of hydrogen-bond donors (Lipinski definition) is 1. The Hall–Kier alpha value is -1.60. The van der Waals surface area contributed by atoms with Crippen LogP contribution in [-0.4, -0.2) is 21.3 Å². The van der Waals surface area contributed by atoms with Crippen molar-refractivity contribution in [3.8, 4) is 0 Å². The second-order valence-corrected chi connectivity index (χ2v) is 4.10. The Morgan fingerprint density at radius 3 is 2.63 bits per heavy atom. The van der Waals surface area contributed by atoms with Gasteiger partial charge in [-0.15, -0.1) is 0 Å². The fraction of sp³-hybridized carbons (Fsp3) is 0.273. The van der Waals surface area contributed by atoms with Gasteiger partial charge in [-0.1, -0.05) is 6.07 Å². The first-order chi connectivity index (χ1) is 8.86. The third-order valence-corrected chi connectivity index (χ3v) is 2.85. The molecule has 1 N–H and O–H groups in total. The number of aliphatic hydroxyl groups is 1. The van der Waals surface area contributed by atoms with E-state index in [1.54, 1.807) is 0 Å². The van der Waals surface area contributed by atoms with Crippen LogP contribution in [-0.2, 0) is 12.7 Å². The Morgan fingerprint density at radius 1 is 1.37 bits per heavy atom. The minimum absolute atomic E-state index is 0.126. The van der Waals surface area contributed by atoms with E-state index >= 15 is 0 Å². The Balaban J connectivity index is 2.89. The fourth-order valence-corrected chi connectivity index (χ4v) is 2.02.